The molecule has 2 saturated heterocycles. The lowest BCUT2D eigenvalue weighted by Crippen LogP contribution is -2.47. The van der Waals surface area contributed by atoms with Crippen molar-refractivity contribution in [2.24, 2.45) is 5.92 Å². The minimum atomic E-state index is -0.275. The summed E-state index contributed by atoms with van der Waals surface area (Å²) < 4.78 is 18.9. The number of morpholine rings is 1. The van der Waals surface area contributed by atoms with Crippen molar-refractivity contribution in [1.82, 2.24) is 14.8 Å². The van der Waals surface area contributed by atoms with Crippen LogP contribution in [0.5, 0.6) is 0 Å². The lowest BCUT2D eigenvalue weighted by Gasteiger charge is -2.34. The van der Waals surface area contributed by atoms with Gasteiger partial charge < -0.3 is 14.6 Å². The van der Waals surface area contributed by atoms with Crippen molar-refractivity contribution in [2.75, 3.05) is 39.4 Å². The number of hydrogen-bond acceptors (Lipinski definition) is 3. The Bertz CT molecular complexity index is 769. The van der Waals surface area contributed by atoms with Gasteiger partial charge in [-0.25, -0.2) is 4.39 Å². The van der Waals surface area contributed by atoms with Gasteiger partial charge in [-0.3, -0.25) is 9.69 Å². The van der Waals surface area contributed by atoms with Gasteiger partial charge in [0.2, 0.25) is 5.91 Å². The first-order valence-electron chi connectivity index (χ1n) is 8.97. The molecule has 0 unspecified atom stereocenters. The first kappa shape index (κ1) is 16.5. The van der Waals surface area contributed by atoms with Gasteiger partial charge >= 0.3 is 0 Å². The second-order valence-corrected chi connectivity index (χ2v) is 7.17. The largest absolute Gasteiger partial charge is 0.379 e. The van der Waals surface area contributed by atoms with Crippen molar-refractivity contribution >= 4 is 16.8 Å². The summed E-state index contributed by atoms with van der Waals surface area (Å²) in [6.45, 7) is 7.22. The zero-order valence-corrected chi connectivity index (χ0v) is 14.5. The molecular formula is C19H24FN3O2. The number of ether oxygens (including phenoxy) is 1. The summed E-state index contributed by atoms with van der Waals surface area (Å²) in [5.74, 6) is 0.304. The van der Waals surface area contributed by atoms with Crippen LogP contribution in [0.2, 0.25) is 0 Å². The summed E-state index contributed by atoms with van der Waals surface area (Å²) in [4.78, 5) is 20.3. The second kappa shape index (κ2) is 6.77. The molecule has 25 heavy (non-hydrogen) atoms. The van der Waals surface area contributed by atoms with E-state index in [1.807, 2.05) is 11.1 Å². The lowest BCUT2D eigenvalue weighted by molar-refractivity contribution is -0.129. The third-order valence-electron chi connectivity index (χ3n) is 5.51. The number of aromatic amines is 1. The Kier molecular flexibility index (Phi) is 4.48. The maximum Gasteiger partial charge on any atom is 0.227 e. The third-order valence-corrected chi connectivity index (χ3v) is 5.51. The van der Waals surface area contributed by atoms with Crippen LogP contribution in [0.4, 0.5) is 4.39 Å². The zero-order chi connectivity index (χ0) is 17.4. The summed E-state index contributed by atoms with van der Waals surface area (Å²) in [6, 6.07) is 5.05. The summed E-state index contributed by atoms with van der Waals surface area (Å²) in [7, 11) is 0. The molecule has 0 saturated carbocycles. The van der Waals surface area contributed by atoms with Crippen molar-refractivity contribution in [3.8, 4) is 0 Å². The molecule has 1 N–H and O–H groups in total. The molecule has 2 aliphatic rings. The van der Waals surface area contributed by atoms with Gasteiger partial charge in [-0.05, 0) is 29.7 Å². The van der Waals surface area contributed by atoms with Gasteiger partial charge in [0.1, 0.15) is 5.82 Å². The molecule has 4 rings (SSSR count). The summed E-state index contributed by atoms with van der Waals surface area (Å²) in [5, 5.41) is 0.797. The van der Waals surface area contributed by atoms with Crippen molar-refractivity contribution in [1.29, 1.82) is 0 Å². The van der Waals surface area contributed by atoms with E-state index in [1.54, 1.807) is 6.07 Å². The van der Waals surface area contributed by atoms with Gasteiger partial charge in [0.15, 0.2) is 0 Å². The monoisotopic (exact) mass is 345 g/mol. The fraction of sp³-hybridized carbons (Fsp3) is 0.526. The minimum Gasteiger partial charge on any atom is -0.379 e. The van der Waals surface area contributed by atoms with Gasteiger partial charge in [-0.2, -0.15) is 0 Å². The zero-order valence-electron chi connectivity index (χ0n) is 14.5. The molecule has 0 aliphatic carbocycles. The number of amides is 1. The Hall–Kier alpha value is -1.92. The number of nitrogens with one attached hydrogen (secondary N) is 1. The van der Waals surface area contributed by atoms with E-state index in [1.165, 1.54) is 12.1 Å². The molecule has 134 valence electrons. The average molecular weight is 345 g/mol. The molecule has 1 aromatic heterocycles. The van der Waals surface area contributed by atoms with E-state index >= 15 is 0 Å². The maximum absolute atomic E-state index is 13.5. The predicted molar refractivity (Wildman–Crippen MR) is 93.9 cm³/mol. The molecular weight excluding hydrogens is 321 g/mol. The number of nitrogens with zero attached hydrogens (tertiary/aromatic N) is 2. The van der Waals surface area contributed by atoms with Crippen LogP contribution < -0.4 is 0 Å². The lowest BCUT2D eigenvalue weighted by atomic mass is 10.0. The van der Waals surface area contributed by atoms with Gasteiger partial charge in [-0.1, -0.05) is 6.92 Å². The number of rotatable bonds is 3. The predicted octanol–water partition coefficient (Wildman–Crippen LogP) is 2.03. The summed E-state index contributed by atoms with van der Waals surface area (Å²) in [5.41, 5.74) is 1.73. The van der Waals surface area contributed by atoms with E-state index in [9.17, 15) is 9.18 Å². The number of H-pyrrole nitrogens is 1. The molecule has 5 nitrogen and oxygen atoms in total. The number of hydrogen-bond donors (Lipinski definition) is 1. The van der Waals surface area contributed by atoms with E-state index < -0.39 is 0 Å². The number of halogens is 1. The molecule has 2 fully saturated rings. The normalized spacial score (nSPS) is 25.0. The van der Waals surface area contributed by atoms with E-state index in [-0.39, 0.29) is 11.7 Å². The summed E-state index contributed by atoms with van der Waals surface area (Å²) in [6.07, 6.45) is 2.13. The Morgan fingerprint density at radius 2 is 2.12 bits per heavy atom. The van der Waals surface area contributed by atoms with Crippen molar-refractivity contribution in [2.45, 2.75) is 19.4 Å². The molecule has 1 aromatic carbocycles. The van der Waals surface area contributed by atoms with Crippen LogP contribution >= 0.6 is 0 Å². The van der Waals surface area contributed by atoms with Crippen LogP contribution in [-0.4, -0.2) is 66.1 Å². The Morgan fingerprint density at radius 1 is 1.32 bits per heavy atom. The van der Waals surface area contributed by atoms with E-state index in [0.29, 0.717) is 18.4 Å². The van der Waals surface area contributed by atoms with Crippen LogP contribution in [0.3, 0.4) is 0 Å². The number of carbonyl (C=O) groups is 1. The van der Waals surface area contributed by atoms with Crippen molar-refractivity contribution in [3.63, 3.8) is 0 Å². The van der Waals surface area contributed by atoms with Gasteiger partial charge in [-0.15, -0.1) is 0 Å². The molecule has 0 bridgehead atoms. The smallest absolute Gasteiger partial charge is 0.227 e. The maximum atomic E-state index is 13.5. The topological polar surface area (TPSA) is 48.6 Å². The SMILES string of the molecule is C[C@@H]1CN(C(=O)Cc2c[nH]c3ccc(F)cc23)C[C@H]1N1CCOCC1. The highest BCUT2D eigenvalue weighted by Gasteiger charge is 2.36. The molecule has 2 aromatic rings. The van der Waals surface area contributed by atoms with Crippen LogP contribution in [0.25, 0.3) is 10.9 Å². The minimum absolute atomic E-state index is 0.118. The average Bonchev–Trinajstić information content (AvgIpc) is 3.19. The highest BCUT2D eigenvalue weighted by molar-refractivity contribution is 5.89. The molecule has 2 aliphatic heterocycles. The Balaban J connectivity index is 1.45. The van der Waals surface area contributed by atoms with Crippen LogP contribution in [0, 0.1) is 11.7 Å². The van der Waals surface area contributed by atoms with Crippen LogP contribution in [-0.2, 0) is 16.0 Å². The second-order valence-electron chi connectivity index (χ2n) is 7.17. The number of aromatic nitrogens is 1. The number of fused-ring (bicyclic) bond motifs is 1. The van der Waals surface area contributed by atoms with E-state index in [2.05, 4.69) is 16.8 Å². The van der Waals surface area contributed by atoms with Crippen LogP contribution in [0.1, 0.15) is 12.5 Å². The highest BCUT2D eigenvalue weighted by Crippen LogP contribution is 2.25. The quantitative estimate of drug-likeness (QED) is 0.926. The number of carbonyl (C=O) groups excluding carboxylic acids is 1. The van der Waals surface area contributed by atoms with Crippen LogP contribution in [0.15, 0.2) is 24.4 Å². The molecule has 0 radical (unpaired) electrons. The number of benzene rings is 1. The molecule has 0 spiro atoms. The molecule has 1 amide bonds. The highest BCUT2D eigenvalue weighted by atomic mass is 19.1. The van der Waals surface area contributed by atoms with Gasteiger partial charge in [0.25, 0.3) is 0 Å². The fourth-order valence-electron chi connectivity index (χ4n) is 4.11. The van der Waals surface area contributed by atoms with Crippen molar-refractivity contribution in [3.05, 3.63) is 35.8 Å². The standard InChI is InChI=1S/C19H24FN3O2/c1-13-11-23(12-18(13)22-4-6-25-7-5-22)19(24)8-14-10-21-17-3-2-15(20)9-16(14)17/h2-3,9-10,13,18,21H,4-8,11-12H2,1H3/t13-,18-/m1/s1. The first-order valence-corrected chi connectivity index (χ1v) is 8.97. The first-order chi connectivity index (χ1) is 12.1. The molecule has 6 heteroatoms. The van der Waals surface area contributed by atoms with E-state index in [0.717, 1.165) is 55.9 Å². The Morgan fingerprint density at radius 3 is 2.92 bits per heavy atom. The molecule has 2 atom stereocenters. The number of likely N-dealkylation sites (tertiary alicyclic amines) is 1. The Labute approximate surface area is 146 Å². The summed E-state index contributed by atoms with van der Waals surface area (Å²) >= 11 is 0. The van der Waals surface area contributed by atoms with Gasteiger partial charge in [0, 0.05) is 49.3 Å². The van der Waals surface area contributed by atoms with E-state index in [4.69, 9.17) is 4.74 Å². The van der Waals surface area contributed by atoms with Crippen molar-refractivity contribution < 1.29 is 13.9 Å². The molecule has 3 heterocycles. The third kappa shape index (κ3) is 3.28. The van der Waals surface area contributed by atoms with Gasteiger partial charge in [0.05, 0.1) is 19.6 Å². The fourth-order valence-corrected chi connectivity index (χ4v) is 4.11.